The van der Waals surface area contributed by atoms with Gasteiger partial charge in [0.05, 0.1) is 0 Å². The zero-order valence-corrected chi connectivity index (χ0v) is 6.01. The minimum Gasteiger partial charge on any atom is -0.260 e. The van der Waals surface area contributed by atoms with Gasteiger partial charge >= 0.3 is 0 Å². The number of rotatable bonds is 2. The van der Waals surface area contributed by atoms with Crippen molar-refractivity contribution in [1.29, 1.82) is 0 Å². The summed E-state index contributed by atoms with van der Waals surface area (Å²) in [5, 5.41) is 0.843. The molecule has 0 N–H and O–H groups in total. The molecule has 1 nitrogen and oxygen atoms in total. The maximum atomic E-state index is 10.1. The van der Waals surface area contributed by atoms with Crippen molar-refractivity contribution >= 4 is 26.7 Å². The Bertz CT molecular complexity index is 54.8. The van der Waals surface area contributed by atoms with E-state index in [2.05, 4.69) is 15.9 Å². The van der Waals surface area contributed by atoms with Gasteiger partial charge in [0, 0.05) is 28.1 Å². The highest BCUT2D eigenvalue weighted by Gasteiger charge is 1.82. The highest BCUT2D eigenvalue weighted by Crippen LogP contribution is 1.80. The first-order valence-corrected chi connectivity index (χ1v) is 4.48. The van der Waals surface area contributed by atoms with E-state index in [1.54, 1.807) is 6.26 Å². The second-order valence-electron chi connectivity index (χ2n) is 0.966. The molecule has 0 aromatic rings. The van der Waals surface area contributed by atoms with Crippen molar-refractivity contribution in [2.75, 3.05) is 17.3 Å². The monoisotopic (exact) mass is 170 g/mol. The highest BCUT2D eigenvalue weighted by molar-refractivity contribution is 9.09. The smallest absolute Gasteiger partial charge is 0.0329 e. The SMILES string of the molecule is C[S@](=O)CCBr. The minimum absolute atomic E-state index is 0.612. The quantitative estimate of drug-likeness (QED) is 0.560. The molecule has 3 heteroatoms. The van der Waals surface area contributed by atoms with E-state index < -0.39 is 10.8 Å². The molecule has 0 radical (unpaired) electrons. The minimum atomic E-state index is -0.612. The molecule has 0 aliphatic heterocycles. The van der Waals surface area contributed by atoms with E-state index in [9.17, 15) is 4.21 Å². The van der Waals surface area contributed by atoms with E-state index in [4.69, 9.17) is 0 Å². The summed E-state index contributed by atoms with van der Waals surface area (Å²) in [5.74, 6) is 0.764. The second-order valence-corrected chi connectivity index (χ2v) is 3.31. The number of halogens is 1. The van der Waals surface area contributed by atoms with E-state index in [1.165, 1.54) is 0 Å². The number of hydrogen-bond acceptors (Lipinski definition) is 1. The Balaban J connectivity index is 2.83. The third-order valence-electron chi connectivity index (χ3n) is 0.365. The first-order chi connectivity index (χ1) is 2.77. The Hall–Kier alpha value is 0.630. The lowest BCUT2D eigenvalue weighted by molar-refractivity contribution is 0.688. The summed E-state index contributed by atoms with van der Waals surface area (Å²) in [6.07, 6.45) is 1.70. The molecule has 0 rings (SSSR count). The Kier molecular flexibility index (Phi) is 4.21. The predicted molar refractivity (Wildman–Crippen MR) is 32.7 cm³/mol. The van der Waals surface area contributed by atoms with Gasteiger partial charge in [0.2, 0.25) is 0 Å². The average Bonchev–Trinajstić information content (AvgIpc) is 1.35. The molecule has 0 aromatic heterocycles. The maximum absolute atomic E-state index is 10.1. The number of alkyl halides is 1. The zero-order chi connectivity index (χ0) is 4.99. The molecule has 6 heavy (non-hydrogen) atoms. The third kappa shape index (κ3) is 4.63. The van der Waals surface area contributed by atoms with Gasteiger partial charge in [0.25, 0.3) is 0 Å². The lowest BCUT2D eigenvalue weighted by Crippen LogP contribution is -1.92. The Labute approximate surface area is 48.7 Å². The number of hydrogen-bond donors (Lipinski definition) is 0. The standard InChI is InChI=1S/C3H7BrOS/c1-6(5)3-2-4/h2-3H2,1H3/t6-/m0/s1. The molecule has 38 valence electrons. The van der Waals surface area contributed by atoms with Crippen LogP contribution in [0.15, 0.2) is 0 Å². The van der Waals surface area contributed by atoms with E-state index in [0.717, 1.165) is 11.1 Å². The van der Waals surface area contributed by atoms with E-state index in [-0.39, 0.29) is 0 Å². The van der Waals surface area contributed by atoms with Gasteiger partial charge in [-0.25, -0.2) is 0 Å². The van der Waals surface area contributed by atoms with Crippen LogP contribution in [0.25, 0.3) is 0 Å². The largest absolute Gasteiger partial charge is 0.260 e. The Morgan fingerprint density at radius 1 is 1.83 bits per heavy atom. The fourth-order valence-electron chi connectivity index (χ4n) is 0.109. The van der Waals surface area contributed by atoms with Crippen molar-refractivity contribution in [3.05, 3.63) is 0 Å². The van der Waals surface area contributed by atoms with Crippen LogP contribution in [0.1, 0.15) is 0 Å². The van der Waals surface area contributed by atoms with Crippen molar-refractivity contribution in [3.63, 3.8) is 0 Å². The van der Waals surface area contributed by atoms with Crippen molar-refractivity contribution in [2.45, 2.75) is 0 Å². The zero-order valence-electron chi connectivity index (χ0n) is 3.61. The Morgan fingerprint density at radius 2 is 2.33 bits per heavy atom. The van der Waals surface area contributed by atoms with Crippen LogP contribution in [0.4, 0.5) is 0 Å². The van der Waals surface area contributed by atoms with Gasteiger partial charge in [-0.05, 0) is 0 Å². The van der Waals surface area contributed by atoms with Gasteiger partial charge in [-0.3, -0.25) is 4.21 Å². The van der Waals surface area contributed by atoms with Gasteiger partial charge in [0.1, 0.15) is 0 Å². The second kappa shape index (κ2) is 3.81. The molecule has 0 amide bonds. The lowest BCUT2D eigenvalue weighted by atomic mass is 11.0. The molecule has 0 saturated carbocycles. The average molecular weight is 171 g/mol. The lowest BCUT2D eigenvalue weighted by Gasteiger charge is -1.81. The van der Waals surface area contributed by atoms with Gasteiger partial charge in [-0.15, -0.1) is 0 Å². The van der Waals surface area contributed by atoms with Crippen molar-refractivity contribution in [3.8, 4) is 0 Å². The molecule has 0 aliphatic carbocycles. The van der Waals surface area contributed by atoms with Crippen LogP contribution in [0.5, 0.6) is 0 Å². The first-order valence-electron chi connectivity index (χ1n) is 1.63. The fourth-order valence-corrected chi connectivity index (χ4v) is 1.69. The summed E-state index contributed by atoms with van der Waals surface area (Å²) < 4.78 is 10.1. The van der Waals surface area contributed by atoms with Gasteiger partial charge in [0.15, 0.2) is 0 Å². The predicted octanol–water partition coefficient (Wildman–Crippen LogP) is 0.760. The molecule has 0 fully saturated rings. The summed E-state index contributed by atoms with van der Waals surface area (Å²) in [4.78, 5) is 0. The maximum Gasteiger partial charge on any atom is 0.0329 e. The molecular formula is C3H7BrOS. The van der Waals surface area contributed by atoms with Crippen LogP contribution in [-0.4, -0.2) is 21.5 Å². The summed E-state index contributed by atoms with van der Waals surface area (Å²) in [7, 11) is -0.612. The molecule has 0 heterocycles. The van der Waals surface area contributed by atoms with E-state index in [0.29, 0.717) is 0 Å². The van der Waals surface area contributed by atoms with Gasteiger partial charge in [-0.2, -0.15) is 0 Å². The van der Waals surface area contributed by atoms with Crippen LogP contribution in [-0.2, 0) is 10.8 Å². The molecule has 0 aliphatic rings. The molecule has 0 unspecified atom stereocenters. The fraction of sp³-hybridized carbons (Fsp3) is 1.00. The third-order valence-corrected chi connectivity index (χ3v) is 2.07. The van der Waals surface area contributed by atoms with Crippen molar-refractivity contribution in [2.24, 2.45) is 0 Å². The summed E-state index contributed by atoms with van der Waals surface area (Å²) in [6, 6.07) is 0. The molecule has 0 spiro atoms. The van der Waals surface area contributed by atoms with E-state index >= 15 is 0 Å². The Morgan fingerprint density at radius 3 is 2.33 bits per heavy atom. The topological polar surface area (TPSA) is 17.1 Å². The first kappa shape index (κ1) is 6.63. The van der Waals surface area contributed by atoms with Crippen LogP contribution < -0.4 is 0 Å². The molecule has 0 bridgehead atoms. The van der Waals surface area contributed by atoms with Crippen LogP contribution >= 0.6 is 15.9 Å². The van der Waals surface area contributed by atoms with Crippen LogP contribution in [0.2, 0.25) is 0 Å². The molecule has 0 saturated heterocycles. The summed E-state index contributed by atoms with van der Waals surface area (Å²) >= 11 is 3.16. The van der Waals surface area contributed by atoms with Crippen molar-refractivity contribution in [1.82, 2.24) is 0 Å². The van der Waals surface area contributed by atoms with Crippen LogP contribution in [0, 0.1) is 0 Å². The summed E-state index contributed by atoms with van der Waals surface area (Å²) in [5.41, 5.74) is 0. The van der Waals surface area contributed by atoms with Crippen molar-refractivity contribution < 1.29 is 4.21 Å². The van der Waals surface area contributed by atoms with Gasteiger partial charge < -0.3 is 0 Å². The molecule has 1 atom stereocenters. The molecular weight excluding hydrogens is 164 g/mol. The molecule has 0 aromatic carbocycles. The van der Waals surface area contributed by atoms with Crippen LogP contribution in [0.3, 0.4) is 0 Å². The summed E-state index contributed by atoms with van der Waals surface area (Å²) in [6.45, 7) is 0. The van der Waals surface area contributed by atoms with E-state index in [1.807, 2.05) is 0 Å². The normalized spacial score (nSPS) is 14.3. The highest BCUT2D eigenvalue weighted by atomic mass is 79.9. The van der Waals surface area contributed by atoms with Gasteiger partial charge in [-0.1, -0.05) is 15.9 Å².